The number of rotatable bonds is 8. The van der Waals surface area contributed by atoms with E-state index in [-0.39, 0.29) is 13.0 Å². The fraction of sp³-hybridized carbons (Fsp3) is 0.250. The summed E-state index contributed by atoms with van der Waals surface area (Å²) >= 11 is 0. The third-order valence-electron chi connectivity index (χ3n) is 4.70. The summed E-state index contributed by atoms with van der Waals surface area (Å²) in [5.74, 6) is 0.549. The number of halogens is 3. The summed E-state index contributed by atoms with van der Waals surface area (Å²) in [6.45, 7) is 2.28. The predicted octanol–water partition coefficient (Wildman–Crippen LogP) is 5.13. The van der Waals surface area contributed by atoms with Crippen molar-refractivity contribution in [3.8, 4) is 5.75 Å². The Bertz CT molecular complexity index is 1070. The third kappa shape index (κ3) is 6.23. The number of imidazole rings is 1. The Morgan fingerprint density at radius 2 is 1.72 bits per heavy atom. The van der Waals surface area contributed by atoms with Crippen LogP contribution in [0, 0.1) is 0 Å². The van der Waals surface area contributed by atoms with Crippen LogP contribution in [0.1, 0.15) is 35.1 Å². The van der Waals surface area contributed by atoms with Crippen molar-refractivity contribution in [2.24, 2.45) is 0 Å². The number of carbonyl (C=O) groups excluding carboxylic acids is 1. The highest BCUT2D eigenvalue weighted by Crippen LogP contribution is 2.29. The molecular weight excluding hydrogens is 421 g/mol. The summed E-state index contributed by atoms with van der Waals surface area (Å²) in [5, 5.41) is 0. The molecule has 0 fully saturated rings. The molecule has 168 valence electrons. The molecule has 0 saturated heterocycles. The van der Waals surface area contributed by atoms with Crippen molar-refractivity contribution in [1.29, 1.82) is 0 Å². The molecule has 0 aliphatic heterocycles. The lowest BCUT2D eigenvalue weighted by molar-refractivity contribution is -0.141. The summed E-state index contributed by atoms with van der Waals surface area (Å²) in [7, 11) is 1.55. The highest BCUT2D eigenvalue weighted by Gasteiger charge is 2.34. The number of nitrogens with zero attached hydrogens (tertiary/aromatic N) is 2. The first-order valence-electron chi connectivity index (χ1n) is 9.98. The fourth-order valence-corrected chi connectivity index (χ4v) is 3.08. The highest BCUT2D eigenvalue weighted by atomic mass is 19.4. The Morgan fingerprint density at radius 1 is 1.06 bits per heavy atom. The molecule has 0 saturated carbocycles. The summed E-state index contributed by atoms with van der Waals surface area (Å²) in [6, 6.07) is 14.3. The van der Waals surface area contributed by atoms with Crippen molar-refractivity contribution < 1.29 is 27.4 Å². The molecule has 2 aromatic carbocycles. The molecule has 0 aliphatic carbocycles. The molecule has 8 heteroatoms. The van der Waals surface area contributed by atoms with Crippen LogP contribution in [0.5, 0.6) is 5.75 Å². The molecule has 0 spiro atoms. The van der Waals surface area contributed by atoms with Crippen molar-refractivity contribution in [1.82, 2.24) is 9.55 Å². The first-order chi connectivity index (χ1) is 15.3. The van der Waals surface area contributed by atoms with Crippen LogP contribution in [0.15, 0.2) is 60.8 Å². The summed E-state index contributed by atoms with van der Waals surface area (Å²) in [5.41, 5.74) is 1.49. The van der Waals surface area contributed by atoms with E-state index < -0.39 is 17.8 Å². The van der Waals surface area contributed by atoms with Crippen molar-refractivity contribution in [2.75, 3.05) is 13.7 Å². The first kappa shape index (κ1) is 23.1. The van der Waals surface area contributed by atoms with Gasteiger partial charge in [0, 0.05) is 25.2 Å². The van der Waals surface area contributed by atoms with Crippen molar-refractivity contribution in [3.05, 3.63) is 89.0 Å². The molecule has 32 heavy (non-hydrogen) atoms. The van der Waals surface area contributed by atoms with Gasteiger partial charge in [-0.2, -0.15) is 13.2 Å². The second kappa shape index (κ2) is 10.2. The first-order valence-corrected chi connectivity index (χ1v) is 9.98. The number of esters is 1. The molecular formula is C24H23F3N2O3. The zero-order chi connectivity index (χ0) is 23.1. The van der Waals surface area contributed by atoms with Gasteiger partial charge in [0.25, 0.3) is 0 Å². The van der Waals surface area contributed by atoms with Crippen molar-refractivity contribution in [2.45, 2.75) is 26.1 Å². The average Bonchev–Trinajstić information content (AvgIpc) is 3.17. The second-order valence-electron chi connectivity index (χ2n) is 7.02. The summed E-state index contributed by atoms with van der Waals surface area (Å²) in [6.07, 6.45) is -0.310. The van der Waals surface area contributed by atoms with Crippen molar-refractivity contribution in [3.63, 3.8) is 0 Å². The van der Waals surface area contributed by atoms with E-state index >= 15 is 0 Å². The van der Waals surface area contributed by atoms with Crippen LogP contribution in [-0.4, -0.2) is 29.2 Å². The number of hydrogen-bond acceptors (Lipinski definition) is 4. The van der Waals surface area contributed by atoms with E-state index in [0.29, 0.717) is 18.2 Å². The third-order valence-corrected chi connectivity index (χ3v) is 4.70. The van der Waals surface area contributed by atoms with E-state index in [9.17, 15) is 18.0 Å². The van der Waals surface area contributed by atoms with Crippen LogP contribution < -0.4 is 4.74 Å². The van der Waals surface area contributed by atoms with Gasteiger partial charge in [-0.05, 0) is 41.8 Å². The maximum atomic E-state index is 13.3. The van der Waals surface area contributed by atoms with Crippen LogP contribution in [-0.2, 0) is 28.7 Å². The van der Waals surface area contributed by atoms with Crippen LogP contribution >= 0.6 is 0 Å². The van der Waals surface area contributed by atoms with Gasteiger partial charge in [0.15, 0.2) is 5.69 Å². The molecule has 5 nitrogen and oxygen atoms in total. The number of alkyl halides is 3. The van der Waals surface area contributed by atoms with Crippen LogP contribution in [0.2, 0.25) is 0 Å². The molecule has 0 radical (unpaired) electrons. The van der Waals surface area contributed by atoms with Gasteiger partial charge in [-0.15, -0.1) is 0 Å². The van der Waals surface area contributed by atoms with Gasteiger partial charge in [-0.3, -0.25) is 0 Å². The number of aromatic nitrogens is 2. The second-order valence-corrected chi connectivity index (χ2v) is 7.02. The van der Waals surface area contributed by atoms with Gasteiger partial charge in [-0.1, -0.05) is 36.4 Å². The number of benzene rings is 2. The zero-order valence-electron chi connectivity index (χ0n) is 17.7. The van der Waals surface area contributed by atoms with E-state index in [1.165, 1.54) is 10.6 Å². The van der Waals surface area contributed by atoms with Crippen molar-refractivity contribution >= 4 is 12.0 Å². The van der Waals surface area contributed by atoms with Gasteiger partial charge in [0.2, 0.25) is 0 Å². The minimum atomic E-state index is -4.53. The van der Waals surface area contributed by atoms with E-state index in [1.807, 2.05) is 0 Å². The number of methoxy groups -OCH3 is 1. The molecule has 0 aliphatic rings. The Hall–Kier alpha value is -3.55. The smallest absolute Gasteiger partial charge is 0.434 e. The molecule has 0 unspecified atom stereocenters. The molecule has 0 atom stereocenters. The normalized spacial score (nSPS) is 11.7. The van der Waals surface area contributed by atoms with E-state index in [0.717, 1.165) is 22.9 Å². The van der Waals surface area contributed by atoms with E-state index in [1.54, 1.807) is 68.6 Å². The molecule has 3 aromatic rings. The minimum absolute atomic E-state index is 0.230. The topological polar surface area (TPSA) is 53.3 Å². The summed E-state index contributed by atoms with van der Waals surface area (Å²) < 4.78 is 51.3. The monoisotopic (exact) mass is 444 g/mol. The molecule has 3 rings (SSSR count). The maximum absolute atomic E-state index is 13.3. The SMILES string of the molecule is CCOC(=O)/C=C/c1ccc(Cc2nc(C(F)(F)F)cn2Cc2ccc(OC)cc2)cc1. The molecule has 0 amide bonds. The van der Waals surface area contributed by atoms with E-state index in [2.05, 4.69) is 4.98 Å². The fourth-order valence-electron chi connectivity index (χ4n) is 3.08. The quantitative estimate of drug-likeness (QED) is 0.357. The standard InChI is InChI=1S/C24H23F3N2O3/c1-3-32-23(30)13-10-17-4-6-18(7-5-17)14-22-28-21(24(25,26)27)16-29(22)15-19-8-11-20(31-2)12-9-19/h4-13,16H,3,14-15H2,1-2H3/b13-10+. The van der Waals surface area contributed by atoms with Crippen LogP contribution in [0.4, 0.5) is 13.2 Å². The Morgan fingerprint density at radius 3 is 2.31 bits per heavy atom. The molecule has 0 bridgehead atoms. The lowest BCUT2D eigenvalue weighted by atomic mass is 10.1. The minimum Gasteiger partial charge on any atom is -0.497 e. The molecule has 1 heterocycles. The van der Waals surface area contributed by atoms with Crippen LogP contribution in [0.3, 0.4) is 0 Å². The van der Waals surface area contributed by atoms with Gasteiger partial charge in [-0.25, -0.2) is 9.78 Å². The molecule has 1 aromatic heterocycles. The van der Waals surface area contributed by atoms with Gasteiger partial charge >= 0.3 is 12.1 Å². The zero-order valence-corrected chi connectivity index (χ0v) is 17.7. The van der Waals surface area contributed by atoms with Crippen LogP contribution in [0.25, 0.3) is 6.08 Å². The number of hydrogen-bond donors (Lipinski definition) is 0. The predicted molar refractivity (Wildman–Crippen MR) is 114 cm³/mol. The Balaban J connectivity index is 1.80. The number of ether oxygens (including phenoxy) is 2. The number of carbonyl (C=O) groups is 1. The Labute approximate surface area is 184 Å². The highest BCUT2D eigenvalue weighted by molar-refractivity contribution is 5.87. The lowest BCUT2D eigenvalue weighted by Gasteiger charge is -2.09. The van der Waals surface area contributed by atoms with Gasteiger partial charge < -0.3 is 14.0 Å². The lowest BCUT2D eigenvalue weighted by Crippen LogP contribution is -2.05. The summed E-state index contributed by atoms with van der Waals surface area (Å²) in [4.78, 5) is 15.3. The van der Waals surface area contributed by atoms with Gasteiger partial charge in [0.1, 0.15) is 11.6 Å². The van der Waals surface area contributed by atoms with Gasteiger partial charge in [0.05, 0.1) is 13.7 Å². The molecule has 0 N–H and O–H groups in total. The maximum Gasteiger partial charge on any atom is 0.434 e. The average molecular weight is 444 g/mol. The van der Waals surface area contributed by atoms with E-state index in [4.69, 9.17) is 9.47 Å². The Kier molecular flexibility index (Phi) is 7.35. The largest absolute Gasteiger partial charge is 0.497 e.